The fourth-order valence-electron chi connectivity index (χ4n) is 4.68. The average molecular weight is 470 g/mol. The molecule has 0 aliphatic carbocycles. The minimum absolute atomic E-state index is 0.116. The second-order valence-corrected chi connectivity index (χ2v) is 10.6. The van der Waals surface area contributed by atoms with Gasteiger partial charge in [0, 0.05) is 47.3 Å². The largest absolute Gasteiger partial charge is 0.361 e. The number of aromatic amines is 1. The number of aromatic nitrogens is 1. The van der Waals surface area contributed by atoms with Crippen molar-refractivity contribution >= 4 is 44.0 Å². The van der Waals surface area contributed by atoms with Crippen LogP contribution in [0.2, 0.25) is 5.02 Å². The summed E-state index contributed by atoms with van der Waals surface area (Å²) < 4.78 is 27.7. The van der Waals surface area contributed by atoms with Crippen LogP contribution >= 0.6 is 11.6 Å². The third kappa shape index (κ3) is 3.74. The molecular weight excluding hydrogens is 446 g/mol. The Labute approximate surface area is 192 Å². The summed E-state index contributed by atoms with van der Waals surface area (Å²) in [5.74, 6) is -0.116. The number of fused-ring (bicyclic) bond motifs is 1. The van der Waals surface area contributed by atoms with Crippen molar-refractivity contribution in [1.82, 2.24) is 14.2 Å². The number of rotatable bonds is 4. The number of hydrogen-bond acceptors (Lipinski definition) is 3. The molecule has 166 valence electrons. The van der Waals surface area contributed by atoms with Crippen LogP contribution in [0.4, 0.5) is 0 Å². The van der Waals surface area contributed by atoms with Crippen molar-refractivity contribution < 1.29 is 13.2 Å². The number of sulfonamides is 1. The minimum atomic E-state index is -3.75. The highest BCUT2D eigenvalue weighted by molar-refractivity contribution is 7.89. The molecule has 2 aliphatic heterocycles. The van der Waals surface area contributed by atoms with Crippen molar-refractivity contribution in [3.05, 3.63) is 71.4 Å². The van der Waals surface area contributed by atoms with E-state index in [2.05, 4.69) is 17.1 Å². The third-order valence-electron chi connectivity index (χ3n) is 6.36. The van der Waals surface area contributed by atoms with Gasteiger partial charge in [0.05, 0.1) is 4.90 Å². The van der Waals surface area contributed by atoms with Crippen molar-refractivity contribution in [1.29, 1.82) is 0 Å². The number of carbonyl (C=O) groups excluding carboxylic acids is 1. The van der Waals surface area contributed by atoms with Crippen molar-refractivity contribution in [2.45, 2.75) is 30.2 Å². The lowest BCUT2D eigenvalue weighted by Gasteiger charge is -2.32. The normalized spacial score (nSPS) is 20.0. The van der Waals surface area contributed by atoms with Crippen molar-refractivity contribution in [2.24, 2.45) is 0 Å². The maximum absolute atomic E-state index is 13.3. The topological polar surface area (TPSA) is 73.5 Å². The molecule has 0 spiro atoms. The summed E-state index contributed by atoms with van der Waals surface area (Å²) in [5.41, 5.74) is 3.47. The maximum atomic E-state index is 13.3. The molecule has 1 aromatic heterocycles. The lowest BCUT2D eigenvalue weighted by molar-refractivity contribution is -0.134. The standard InChI is InChI=1S/C24H24ClN3O3S/c25-18-7-9-19(10-8-18)32(30,31)28-13-3-6-23(28)24(29)27-14-11-17(12-15-27)21-16-26-22-5-2-1-4-20(21)22/h1-2,4-5,7-11,16,23,26H,3,6,12-15H2/t23-/m1/s1. The molecule has 6 nitrogen and oxygen atoms in total. The molecule has 0 unspecified atom stereocenters. The van der Waals surface area contributed by atoms with Crippen LogP contribution in [0.3, 0.4) is 0 Å². The highest BCUT2D eigenvalue weighted by atomic mass is 35.5. The highest BCUT2D eigenvalue weighted by Crippen LogP contribution is 2.31. The van der Waals surface area contributed by atoms with E-state index >= 15 is 0 Å². The smallest absolute Gasteiger partial charge is 0.243 e. The zero-order valence-electron chi connectivity index (χ0n) is 17.5. The summed E-state index contributed by atoms with van der Waals surface area (Å²) in [6.45, 7) is 1.42. The van der Waals surface area contributed by atoms with E-state index in [4.69, 9.17) is 11.6 Å². The fourth-order valence-corrected chi connectivity index (χ4v) is 6.46. The Morgan fingerprint density at radius 2 is 1.84 bits per heavy atom. The van der Waals surface area contributed by atoms with Crippen LogP contribution in [-0.2, 0) is 14.8 Å². The average Bonchev–Trinajstić information content (AvgIpc) is 3.47. The molecule has 2 aromatic carbocycles. The van der Waals surface area contributed by atoms with Gasteiger partial charge in [-0.25, -0.2) is 8.42 Å². The van der Waals surface area contributed by atoms with Crippen molar-refractivity contribution in [2.75, 3.05) is 19.6 Å². The summed E-state index contributed by atoms with van der Waals surface area (Å²) in [6, 6.07) is 13.6. The molecule has 0 bridgehead atoms. The SMILES string of the molecule is O=C([C@H]1CCCN1S(=O)(=O)c1ccc(Cl)cc1)N1CC=C(c2c[nH]c3ccccc23)CC1. The number of benzene rings is 2. The van der Waals surface area contributed by atoms with Gasteiger partial charge in [0.1, 0.15) is 6.04 Å². The summed E-state index contributed by atoms with van der Waals surface area (Å²) in [5, 5.41) is 1.65. The molecule has 1 saturated heterocycles. The van der Waals surface area contributed by atoms with Crippen LogP contribution in [0, 0.1) is 0 Å². The van der Waals surface area contributed by atoms with E-state index in [1.165, 1.54) is 33.0 Å². The van der Waals surface area contributed by atoms with E-state index in [0.29, 0.717) is 37.5 Å². The lowest BCUT2D eigenvalue weighted by Crippen LogP contribution is -2.48. The van der Waals surface area contributed by atoms with Gasteiger partial charge >= 0.3 is 0 Å². The molecule has 5 rings (SSSR count). The number of nitrogens with zero attached hydrogens (tertiary/aromatic N) is 2. The van der Waals surface area contributed by atoms with Crippen molar-refractivity contribution in [3.8, 4) is 0 Å². The first kappa shape index (κ1) is 21.2. The van der Waals surface area contributed by atoms with Gasteiger partial charge in [-0.15, -0.1) is 0 Å². The van der Waals surface area contributed by atoms with Crippen LogP contribution in [-0.4, -0.2) is 54.2 Å². The molecule has 3 heterocycles. The Morgan fingerprint density at radius 1 is 1.06 bits per heavy atom. The van der Waals surface area contributed by atoms with Crippen LogP contribution in [0.1, 0.15) is 24.8 Å². The zero-order chi connectivity index (χ0) is 22.3. The molecule has 32 heavy (non-hydrogen) atoms. The van der Waals surface area contributed by atoms with Gasteiger partial charge in [-0.3, -0.25) is 4.79 Å². The molecule has 2 aliphatic rings. The number of para-hydroxylation sites is 1. The number of amides is 1. The Morgan fingerprint density at radius 3 is 2.59 bits per heavy atom. The molecule has 8 heteroatoms. The molecule has 1 N–H and O–H groups in total. The molecule has 3 aromatic rings. The van der Waals surface area contributed by atoms with Gasteiger partial charge in [0.25, 0.3) is 0 Å². The monoisotopic (exact) mass is 469 g/mol. The van der Waals surface area contributed by atoms with E-state index in [0.717, 1.165) is 11.9 Å². The number of nitrogens with one attached hydrogen (secondary N) is 1. The molecule has 1 amide bonds. The zero-order valence-corrected chi connectivity index (χ0v) is 19.1. The van der Waals surface area contributed by atoms with Gasteiger partial charge in [-0.1, -0.05) is 35.9 Å². The van der Waals surface area contributed by atoms with Gasteiger partial charge < -0.3 is 9.88 Å². The van der Waals surface area contributed by atoms with Crippen LogP contribution in [0.25, 0.3) is 16.5 Å². The van der Waals surface area contributed by atoms with Gasteiger partial charge in [-0.05, 0) is 55.2 Å². The molecule has 0 radical (unpaired) electrons. The van der Waals surface area contributed by atoms with E-state index in [-0.39, 0.29) is 10.8 Å². The molecule has 1 atom stereocenters. The first-order valence-electron chi connectivity index (χ1n) is 10.8. The first-order valence-corrected chi connectivity index (χ1v) is 12.6. The van der Waals surface area contributed by atoms with Crippen LogP contribution < -0.4 is 0 Å². The molecular formula is C24H24ClN3O3S. The van der Waals surface area contributed by atoms with E-state index in [1.807, 2.05) is 24.4 Å². The lowest BCUT2D eigenvalue weighted by atomic mass is 9.98. The van der Waals surface area contributed by atoms with E-state index in [1.54, 1.807) is 17.0 Å². The maximum Gasteiger partial charge on any atom is 0.243 e. The summed E-state index contributed by atoms with van der Waals surface area (Å²) >= 11 is 5.91. The number of hydrogen-bond donors (Lipinski definition) is 1. The van der Waals surface area contributed by atoms with Crippen LogP contribution in [0.5, 0.6) is 0 Å². The summed E-state index contributed by atoms with van der Waals surface area (Å²) in [7, 11) is -3.75. The summed E-state index contributed by atoms with van der Waals surface area (Å²) in [6.07, 6.45) is 6.06. The third-order valence-corrected chi connectivity index (χ3v) is 8.54. The van der Waals surface area contributed by atoms with Crippen LogP contribution in [0.15, 0.2) is 65.7 Å². The predicted molar refractivity (Wildman–Crippen MR) is 126 cm³/mol. The second-order valence-electron chi connectivity index (χ2n) is 8.24. The number of carbonyl (C=O) groups is 1. The molecule has 0 saturated carbocycles. The first-order chi connectivity index (χ1) is 15.4. The Balaban J connectivity index is 1.34. The number of H-pyrrole nitrogens is 1. The minimum Gasteiger partial charge on any atom is -0.361 e. The van der Waals surface area contributed by atoms with Gasteiger partial charge in [0.15, 0.2) is 0 Å². The Kier molecular flexibility index (Phi) is 5.57. The van der Waals surface area contributed by atoms with Crippen molar-refractivity contribution in [3.63, 3.8) is 0 Å². The quantitative estimate of drug-likeness (QED) is 0.619. The second kappa shape index (κ2) is 8.39. The van der Waals surface area contributed by atoms with E-state index < -0.39 is 16.1 Å². The van der Waals surface area contributed by atoms with Gasteiger partial charge in [0.2, 0.25) is 15.9 Å². The molecule has 1 fully saturated rings. The Hall–Kier alpha value is -2.61. The van der Waals surface area contributed by atoms with Gasteiger partial charge in [-0.2, -0.15) is 4.31 Å². The Bertz CT molecular complexity index is 1300. The van der Waals surface area contributed by atoms with E-state index in [9.17, 15) is 13.2 Å². The highest BCUT2D eigenvalue weighted by Gasteiger charge is 2.41. The fraction of sp³-hybridized carbons (Fsp3) is 0.292. The summed E-state index contributed by atoms with van der Waals surface area (Å²) in [4.78, 5) is 18.6. The number of halogens is 1. The predicted octanol–water partition coefficient (Wildman–Crippen LogP) is 4.29.